The van der Waals surface area contributed by atoms with Gasteiger partial charge in [0.2, 0.25) is 11.6 Å². The SMILES string of the molecule is O=[N+]([O-])c1c(NCc2ccc3c(c2)CCO3)ncnc1N1CCN(c2ccccn2)CC1. The molecule has 5 rings (SSSR count). The van der Waals surface area contributed by atoms with Crippen LogP contribution in [0, 0.1) is 10.1 Å². The fraction of sp³-hybridized carbons (Fsp3) is 0.318. The minimum Gasteiger partial charge on any atom is -0.493 e. The zero-order chi connectivity index (χ0) is 21.9. The summed E-state index contributed by atoms with van der Waals surface area (Å²) in [6, 6.07) is 11.8. The maximum atomic E-state index is 12.0. The summed E-state index contributed by atoms with van der Waals surface area (Å²) in [5.41, 5.74) is 2.09. The summed E-state index contributed by atoms with van der Waals surface area (Å²) >= 11 is 0. The van der Waals surface area contributed by atoms with Gasteiger partial charge in [-0.1, -0.05) is 18.2 Å². The summed E-state index contributed by atoms with van der Waals surface area (Å²) in [7, 11) is 0. The van der Waals surface area contributed by atoms with Crippen LogP contribution >= 0.6 is 0 Å². The molecule has 2 aliphatic rings. The van der Waals surface area contributed by atoms with Crippen molar-refractivity contribution in [3.63, 3.8) is 0 Å². The number of pyridine rings is 1. The lowest BCUT2D eigenvalue weighted by atomic mass is 10.1. The molecule has 10 nitrogen and oxygen atoms in total. The van der Waals surface area contributed by atoms with Gasteiger partial charge < -0.3 is 19.9 Å². The second-order valence-electron chi connectivity index (χ2n) is 7.71. The summed E-state index contributed by atoms with van der Waals surface area (Å²) in [5.74, 6) is 2.39. The van der Waals surface area contributed by atoms with E-state index in [1.165, 1.54) is 6.33 Å². The van der Waals surface area contributed by atoms with Crippen LogP contribution in [-0.4, -0.2) is 52.7 Å². The molecule has 10 heteroatoms. The molecular weight excluding hydrogens is 410 g/mol. The Balaban J connectivity index is 1.32. The third-order valence-corrected chi connectivity index (χ3v) is 5.75. The quantitative estimate of drug-likeness (QED) is 0.463. The predicted octanol–water partition coefficient (Wildman–Crippen LogP) is 2.65. The zero-order valence-corrected chi connectivity index (χ0v) is 17.5. The van der Waals surface area contributed by atoms with Crippen molar-refractivity contribution >= 4 is 23.1 Å². The fourth-order valence-corrected chi connectivity index (χ4v) is 4.12. The van der Waals surface area contributed by atoms with E-state index in [1.54, 1.807) is 6.20 Å². The maximum absolute atomic E-state index is 12.0. The molecule has 1 fully saturated rings. The second-order valence-corrected chi connectivity index (χ2v) is 7.71. The minimum absolute atomic E-state index is 0.0942. The molecule has 1 N–H and O–H groups in total. The third kappa shape index (κ3) is 3.98. The molecule has 2 aliphatic heterocycles. The summed E-state index contributed by atoms with van der Waals surface area (Å²) in [6.45, 7) is 3.76. The molecule has 0 amide bonds. The Labute approximate surface area is 185 Å². The summed E-state index contributed by atoms with van der Waals surface area (Å²) < 4.78 is 5.54. The van der Waals surface area contributed by atoms with Crippen LogP contribution in [0.4, 0.5) is 23.1 Å². The summed E-state index contributed by atoms with van der Waals surface area (Å²) in [6.07, 6.45) is 4.03. The molecule has 3 aromatic rings. The van der Waals surface area contributed by atoms with Gasteiger partial charge in [-0.25, -0.2) is 15.0 Å². The Hall–Kier alpha value is -3.95. The van der Waals surface area contributed by atoms with Crippen LogP contribution in [0.25, 0.3) is 0 Å². The van der Waals surface area contributed by atoms with Gasteiger partial charge in [0.05, 0.1) is 11.5 Å². The van der Waals surface area contributed by atoms with Crippen molar-refractivity contribution in [1.29, 1.82) is 0 Å². The lowest BCUT2D eigenvalue weighted by Crippen LogP contribution is -2.47. The number of anilines is 3. The Kier molecular flexibility index (Phi) is 5.40. The van der Waals surface area contributed by atoms with Gasteiger partial charge in [0.15, 0.2) is 0 Å². The average molecular weight is 433 g/mol. The smallest absolute Gasteiger partial charge is 0.353 e. The molecule has 0 bridgehead atoms. The minimum atomic E-state index is -0.403. The van der Waals surface area contributed by atoms with Crippen LogP contribution in [0.1, 0.15) is 11.1 Å². The first kappa shape index (κ1) is 20.0. The van der Waals surface area contributed by atoms with Crippen LogP contribution in [-0.2, 0) is 13.0 Å². The van der Waals surface area contributed by atoms with Gasteiger partial charge in [0, 0.05) is 45.3 Å². The number of rotatable bonds is 6. The standard InChI is InChI=1S/C22H23N7O3/c30-29(31)20-21(24-14-16-4-5-18-17(13-16)6-12-32-18)25-15-26-22(20)28-10-8-27(9-11-28)19-3-1-2-7-23-19/h1-5,7,13,15H,6,8-12,14H2,(H,24,25,26). The molecule has 0 saturated carbocycles. The van der Waals surface area contributed by atoms with Gasteiger partial charge in [-0.05, 0) is 29.3 Å². The van der Waals surface area contributed by atoms with E-state index in [4.69, 9.17) is 4.74 Å². The molecular formula is C22H23N7O3. The van der Waals surface area contributed by atoms with Gasteiger partial charge >= 0.3 is 5.69 Å². The van der Waals surface area contributed by atoms with Crippen molar-refractivity contribution < 1.29 is 9.66 Å². The maximum Gasteiger partial charge on any atom is 0.353 e. The molecule has 1 saturated heterocycles. The summed E-state index contributed by atoms with van der Waals surface area (Å²) in [5, 5.41) is 15.1. The van der Waals surface area contributed by atoms with Crippen LogP contribution in [0.15, 0.2) is 48.9 Å². The van der Waals surface area contributed by atoms with Gasteiger partial charge in [-0.3, -0.25) is 10.1 Å². The Morgan fingerprint density at radius 1 is 1.06 bits per heavy atom. The van der Waals surface area contributed by atoms with E-state index < -0.39 is 4.92 Å². The van der Waals surface area contributed by atoms with E-state index >= 15 is 0 Å². The number of hydrogen-bond donors (Lipinski definition) is 1. The Morgan fingerprint density at radius 2 is 1.91 bits per heavy atom. The molecule has 1 aromatic carbocycles. The van der Waals surface area contributed by atoms with Crippen molar-refractivity contribution in [2.75, 3.05) is 47.9 Å². The van der Waals surface area contributed by atoms with Crippen LogP contribution in [0.5, 0.6) is 5.75 Å². The Morgan fingerprint density at radius 3 is 2.69 bits per heavy atom. The molecule has 2 aromatic heterocycles. The normalized spacial score (nSPS) is 15.2. The highest BCUT2D eigenvalue weighted by atomic mass is 16.6. The van der Waals surface area contributed by atoms with E-state index in [1.807, 2.05) is 35.2 Å². The van der Waals surface area contributed by atoms with E-state index in [-0.39, 0.29) is 11.5 Å². The molecule has 164 valence electrons. The van der Waals surface area contributed by atoms with Gasteiger partial charge in [-0.2, -0.15) is 0 Å². The van der Waals surface area contributed by atoms with Crippen LogP contribution in [0.2, 0.25) is 0 Å². The first-order chi connectivity index (χ1) is 15.7. The van der Waals surface area contributed by atoms with E-state index in [0.717, 1.165) is 29.1 Å². The predicted molar refractivity (Wildman–Crippen MR) is 120 cm³/mol. The number of aromatic nitrogens is 3. The number of benzene rings is 1. The van der Waals surface area contributed by atoms with E-state index in [0.29, 0.717) is 45.1 Å². The van der Waals surface area contributed by atoms with Crippen LogP contribution in [0.3, 0.4) is 0 Å². The third-order valence-electron chi connectivity index (χ3n) is 5.75. The number of nitrogens with one attached hydrogen (secondary N) is 1. The molecule has 0 unspecified atom stereocenters. The number of nitrogens with zero attached hydrogens (tertiary/aromatic N) is 6. The number of piperazine rings is 1. The second kappa shape index (κ2) is 8.66. The molecule has 0 spiro atoms. The van der Waals surface area contributed by atoms with Crippen molar-refractivity contribution in [3.8, 4) is 5.75 Å². The first-order valence-electron chi connectivity index (χ1n) is 10.6. The first-order valence-corrected chi connectivity index (χ1v) is 10.6. The number of ether oxygens (including phenoxy) is 1. The van der Waals surface area contributed by atoms with Crippen molar-refractivity contribution in [1.82, 2.24) is 15.0 Å². The zero-order valence-electron chi connectivity index (χ0n) is 17.5. The highest BCUT2D eigenvalue weighted by Crippen LogP contribution is 2.33. The van der Waals surface area contributed by atoms with Crippen molar-refractivity contribution in [2.24, 2.45) is 0 Å². The summed E-state index contributed by atoms with van der Waals surface area (Å²) in [4.78, 5) is 28.5. The topological polar surface area (TPSA) is 110 Å². The van der Waals surface area contributed by atoms with E-state index in [9.17, 15) is 10.1 Å². The lowest BCUT2D eigenvalue weighted by Gasteiger charge is -2.35. The molecule has 0 radical (unpaired) electrons. The number of fused-ring (bicyclic) bond motifs is 1. The van der Waals surface area contributed by atoms with E-state index in [2.05, 4.69) is 31.2 Å². The molecule has 4 heterocycles. The molecule has 32 heavy (non-hydrogen) atoms. The van der Waals surface area contributed by atoms with Gasteiger partial charge in [0.25, 0.3) is 0 Å². The molecule has 0 atom stereocenters. The van der Waals surface area contributed by atoms with Crippen molar-refractivity contribution in [3.05, 3.63) is 70.2 Å². The number of nitro groups is 1. The van der Waals surface area contributed by atoms with Crippen molar-refractivity contribution in [2.45, 2.75) is 13.0 Å². The number of hydrogen-bond acceptors (Lipinski definition) is 9. The van der Waals surface area contributed by atoms with Gasteiger partial charge in [-0.15, -0.1) is 0 Å². The highest BCUT2D eigenvalue weighted by molar-refractivity contribution is 5.70. The highest BCUT2D eigenvalue weighted by Gasteiger charge is 2.29. The largest absolute Gasteiger partial charge is 0.493 e. The van der Waals surface area contributed by atoms with Crippen LogP contribution < -0.4 is 19.9 Å². The van der Waals surface area contributed by atoms with Gasteiger partial charge in [0.1, 0.15) is 17.9 Å². The lowest BCUT2D eigenvalue weighted by molar-refractivity contribution is -0.383. The monoisotopic (exact) mass is 433 g/mol. The Bertz CT molecular complexity index is 1120. The molecule has 0 aliphatic carbocycles. The fourth-order valence-electron chi connectivity index (χ4n) is 4.12. The average Bonchev–Trinajstić information content (AvgIpc) is 3.31.